The second-order valence-corrected chi connectivity index (χ2v) is 6.89. The molecule has 5 heteroatoms. The Labute approximate surface area is 156 Å². The molecule has 25 heavy (non-hydrogen) atoms. The normalized spacial score (nSPS) is 22.8. The molecule has 2 aromatic carbocycles. The first kappa shape index (κ1) is 18.0. The molecule has 0 aliphatic heterocycles. The molecule has 1 fully saturated rings. The highest BCUT2D eigenvalue weighted by molar-refractivity contribution is 6.32. The summed E-state index contributed by atoms with van der Waals surface area (Å²) in [5, 5.41) is 1.12. The first-order valence-electron chi connectivity index (χ1n) is 8.22. The van der Waals surface area contributed by atoms with Gasteiger partial charge in [-0.3, -0.25) is 9.59 Å². The lowest BCUT2D eigenvalue weighted by molar-refractivity contribution is -0.151. The van der Waals surface area contributed by atoms with Gasteiger partial charge in [-0.15, -0.1) is 0 Å². The molecule has 2 aromatic rings. The summed E-state index contributed by atoms with van der Waals surface area (Å²) < 4.78 is 5.17. The van der Waals surface area contributed by atoms with Gasteiger partial charge >= 0.3 is 5.97 Å². The van der Waals surface area contributed by atoms with Crippen LogP contribution in [-0.2, 0) is 14.3 Å². The highest BCUT2D eigenvalue weighted by Gasteiger charge is 2.49. The first-order valence-corrected chi connectivity index (χ1v) is 8.98. The molecule has 0 heterocycles. The Bertz CT molecular complexity index is 803. The van der Waals surface area contributed by atoms with E-state index in [1.165, 1.54) is 0 Å². The van der Waals surface area contributed by atoms with E-state index in [0.29, 0.717) is 10.0 Å². The van der Waals surface area contributed by atoms with Crippen LogP contribution in [-0.4, -0.2) is 18.4 Å². The molecule has 0 bridgehead atoms. The summed E-state index contributed by atoms with van der Waals surface area (Å²) in [6.07, 6.45) is 0.239. The van der Waals surface area contributed by atoms with Gasteiger partial charge in [-0.25, -0.2) is 0 Å². The van der Waals surface area contributed by atoms with Crippen LogP contribution in [0.25, 0.3) is 0 Å². The molecular weight excluding hydrogens is 359 g/mol. The first-order chi connectivity index (χ1) is 12.0. The highest BCUT2D eigenvalue weighted by Crippen LogP contribution is 2.51. The Kier molecular flexibility index (Phi) is 5.45. The molecule has 0 unspecified atom stereocenters. The van der Waals surface area contributed by atoms with Crippen molar-refractivity contribution in [3.63, 3.8) is 0 Å². The van der Waals surface area contributed by atoms with E-state index in [1.807, 2.05) is 36.4 Å². The predicted molar refractivity (Wildman–Crippen MR) is 98.1 cm³/mol. The number of carbonyl (C=O) groups excluding carboxylic acids is 2. The number of benzene rings is 2. The molecule has 1 saturated carbocycles. The number of ether oxygens (including phenoxy) is 1. The van der Waals surface area contributed by atoms with Crippen LogP contribution >= 0.6 is 23.2 Å². The van der Waals surface area contributed by atoms with Crippen LogP contribution in [0.4, 0.5) is 0 Å². The summed E-state index contributed by atoms with van der Waals surface area (Å²) in [7, 11) is 0. The van der Waals surface area contributed by atoms with Crippen LogP contribution in [0.2, 0.25) is 10.0 Å². The number of esters is 1. The quantitative estimate of drug-likeness (QED) is 0.556. The van der Waals surface area contributed by atoms with E-state index in [-0.39, 0.29) is 30.6 Å². The molecule has 3 nitrogen and oxygen atoms in total. The number of Topliss-reactive ketones (excluding diaryl/α,β-unsaturated/α-hetero) is 1. The monoisotopic (exact) mass is 376 g/mol. The maximum atomic E-state index is 12.7. The van der Waals surface area contributed by atoms with Crippen molar-refractivity contribution in [2.24, 2.45) is 5.92 Å². The van der Waals surface area contributed by atoms with Gasteiger partial charge in [0.05, 0.1) is 6.61 Å². The Morgan fingerprint density at radius 1 is 1.04 bits per heavy atom. The van der Waals surface area contributed by atoms with E-state index in [4.69, 9.17) is 27.9 Å². The van der Waals surface area contributed by atoms with Gasteiger partial charge in [-0.2, -0.15) is 0 Å². The minimum absolute atomic E-state index is 0.131. The summed E-state index contributed by atoms with van der Waals surface area (Å²) in [5.74, 6) is -2.09. The van der Waals surface area contributed by atoms with Crippen molar-refractivity contribution in [2.45, 2.75) is 25.2 Å². The molecular formula is C20H18Cl2O3. The molecule has 1 aliphatic carbocycles. The molecule has 0 spiro atoms. The molecule has 3 rings (SSSR count). The number of rotatable bonds is 4. The van der Waals surface area contributed by atoms with Crippen LogP contribution in [0.15, 0.2) is 48.5 Å². The van der Waals surface area contributed by atoms with E-state index >= 15 is 0 Å². The highest BCUT2D eigenvalue weighted by atomic mass is 35.5. The lowest BCUT2D eigenvalue weighted by Gasteiger charge is -2.25. The Hall–Kier alpha value is -1.84. The van der Waals surface area contributed by atoms with Gasteiger partial charge in [0.15, 0.2) is 0 Å². The van der Waals surface area contributed by atoms with E-state index in [1.54, 1.807) is 19.1 Å². The third-order valence-corrected chi connectivity index (χ3v) is 5.36. The summed E-state index contributed by atoms with van der Waals surface area (Å²) in [6.45, 7) is 1.96. The minimum atomic E-state index is -0.860. The fourth-order valence-corrected chi connectivity index (χ4v) is 4.17. The summed E-state index contributed by atoms with van der Waals surface area (Å²) in [4.78, 5) is 25.2. The lowest BCUT2D eigenvalue weighted by atomic mass is 9.79. The summed E-state index contributed by atoms with van der Waals surface area (Å²) in [5.41, 5.74) is 1.63. The van der Waals surface area contributed by atoms with Crippen molar-refractivity contribution in [3.8, 4) is 0 Å². The smallest absolute Gasteiger partial charge is 0.317 e. The number of carbonyl (C=O) groups is 2. The maximum Gasteiger partial charge on any atom is 0.317 e. The fraction of sp³-hybridized carbons (Fsp3) is 0.300. The van der Waals surface area contributed by atoms with Gasteiger partial charge in [0.1, 0.15) is 11.7 Å². The van der Waals surface area contributed by atoms with E-state index in [2.05, 4.69) is 0 Å². The van der Waals surface area contributed by atoms with Gasteiger partial charge in [0, 0.05) is 28.3 Å². The van der Waals surface area contributed by atoms with Crippen LogP contribution in [0.1, 0.15) is 36.3 Å². The third kappa shape index (κ3) is 3.44. The third-order valence-electron chi connectivity index (χ3n) is 4.67. The second kappa shape index (κ2) is 7.59. The van der Waals surface area contributed by atoms with Crippen molar-refractivity contribution in [1.29, 1.82) is 0 Å². The van der Waals surface area contributed by atoms with Crippen LogP contribution in [0.5, 0.6) is 0 Å². The molecule has 0 N–H and O–H groups in total. The SMILES string of the molecule is CCOC(=O)[C@H]1C(=O)C[C@@H](c2ccccc2Cl)[C@@H]1c1ccccc1Cl. The topological polar surface area (TPSA) is 43.4 Å². The summed E-state index contributed by atoms with van der Waals surface area (Å²) >= 11 is 12.8. The predicted octanol–water partition coefficient (Wildman–Crippen LogP) is 5.01. The zero-order valence-electron chi connectivity index (χ0n) is 13.7. The minimum Gasteiger partial charge on any atom is -0.465 e. The average Bonchev–Trinajstić information content (AvgIpc) is 2.93. The van der Waals surface area contributed by atoms with E-state index in [9.17, 15) is 9.59 Å². The molecule has 0 radical (unpaired) electrons. The number of hydrogen-bond donors (Lipinski definition) is 0. The number of ketones is 1. The van der Waals surface area contributed by atoms with Crippen LogP contribution < -0.4 is 0 Å². The van der Waals surface area contributed by atoms with Crippen molar-refractivity contribution in [2.75, 3.05) is 6.61 Å². The molecule has 1 aliphatic rings. The fourth-order valence-electron chi connectivity index (χ4n) is 3.63. The number of hydrogen-bond acceptors (Lipinski definition) is 3. The van der Waals surface area contributed by atoms with Gasteiger partial charge in [-0.1, -0.05) is 59.6 Å². The van der Waals surface area contributed by atoms with Crippen molar-refractivity contribution in [1.82, 2.24) is 0 Å². The van der Waals surface area contributed by atoms with E-state index in [0.717, 1.165) is 11.1 Å². The van der Waals surface area contributed by atoms with Crippen molar-refractivity contribution >= 4 is 35.0 Å². The van der Waals surface area contributed by atoms with Crippen molar-refractivity contribution < 1.29 is 14.3 Å². The average molecular weight is 377 g/mol. The van der Waals surface area contributed by atoms with Crippen LogP contribution in [0, 0.1) is 5.92 Å². The largest absolute Gasteiger partial charge is 0.465 e. The van der Waals surface area contributed by atoms with Gasteiger partial charge in [-0.05, 0) is 30.2 Å². The number of halogens is 2. The lowest BCUT2D eigenvalue weighted by Crippen LogP contribution is -2.27. The van der Waals surface area contributed by atoms with Crippen molar-refractivity contribution in [3.05, 3.63) is 69.7 Å². The zero-order valence-corrected chi connectivity index (χ0v) is 15.3. The Morgan fingerprint density at radius 2 is 1.60 bits per heavy atom. The van der Waals surface area contributed by atoms with Crippen LogP contribution in [0.3, 0.4) is 0 Å². The molecule has 0 amide bonds. The van der Waals surface area contributed by atoms with Gasteiger partial charge in [0.2, 0.25) is 0 Å². The molecule has 0 aromatic heterocycles. The molecule has 3 atom stereocenters. The zero-order chi connectivity index (χ0) is 18.0. The van der Waals surface area contributed by atoms with Gasteiger partial charge in [0.25, 0.3) is 0 Å². The molecule has 130 valence electrons. The second-order valence-electron chi connectivity index (χ2n) is 6.08. The maximum absolute atomic E-state index is 12.7. The summed E-state index contributed by atoms with van der Waals surface area (Å²) in [6, 6.07) is 14.7. The Balaban J connectivity index is 2.12. The standard InChI is InChI=1S/C20H18Cl2O3/c1-2-25-20(24)19-17(23)11-14(12-7-3-5-9-15(12)21)18(19)13-8-4-6-10-16(13)22/h3-10,14,18-19H,2,11H2,1H3/t14-,18-,19-/m0/s1. The van der Waals surface area contributed by atoms with E-state index < -0.39 is 11.9 Å². The Morgan fingerprint density at radius 3 is 2.16 bits per heavy atom. The molecule has 0 saturated heterocycles. The van der Waals surface area contributed by atoms with Gasteiger partial charge < -0.3 is 4.74 Å².